The second-order valence-corrected chi connectivity index (χ2v) is 5.97. The second-order valence-electron chi connectivity index (χ2n) is 5.97. The molecule has 2 N–H and O–H groups in total. The first-order valence-corrected chi connectivity index (χ1v) is 6.93. The van der Waals surface area contributed by atoms with Gasteiger partial charge in [-0.25, -0.2) is 4.98 Å². The zero-order chi connectivity index (χ0) is 14.8. The molecule has 0 atom stereocenters. The number of aryl methyl sites for hydroxylation is 1. The minimum Gasteiger partial charge on any atom is -0.439 e. The van der Waals surface area contributed by atoms with Gasteiger partial charge in [-0.2, -0.15) is 0 Å². The number of ether oxygens (including phenoxy) is 1. The summed E-state index contributed by atoms with van der Waals surface area (Å²) in [6.45, 7) is 8.71. The Morgan fingerprint density at radius 1 is 1.15 bits per heavy atom. The fourth-order valence-electron chi connectivity index (χ4n) is 2.04. The van der Waals surface area contributed by atoms with E-state index in [4.69, 9.17) is 10.5 Å². The maximum absolute atomic E-state index is 5.92. The molecule has 0 saturated heterocycles. The zero-order valence-electron chi connectivity index (χ0n) is 12.6. The SMILES string of the molecule is CCc1ccc(Oc2ccc(N)cn2)c(C(C)(C)C)c1. The molecule has 1 aromatic carbocycles. The van der Waals surface area contributed by atoms with Crippen LogP contribution in [-0.2, 0) is 11.8 Å². The van der Waals surface area contributed by atoms with E-state index in [-0.39, 0.29) is 5.41 Å². The maximum Gasteiger partial charge on any atom is 0.219 e. The molecule has 0 bridgehead atoms. The minimum absolute atomic E-state index is 0.0221. The van der Waals surface area contributed by atoms with Gasteiger partial charge >= 0.3 is 0 Å². The molecule has 0 amide bonds. The van der Waals surface area contributed by atoms with Crippen molar-refractivity contribution in [2.24, 2.45) is 0 Å². The van der Waals surface area contributed by atoms with Crippen molar-refractivity contribution in [1.29, 1.82) is 0 Å². The van der Waals surface area contributed by atoms with E-state index >= 15 is 0 Å². The Kier molecular flexibility index (Phi) is 3.98. The number of nitrogens with zero attached hydrogens (tertiary/aromatic N) is 1. The van der Waals surface area contributed by atoms with E-state index in [2.05, 4.69) is 44.8 Å². The monoisotopic (exact) mass is 270 g/mol. The van der Waals surface area contributed by atoms with E-state index < -0.39 is 0 Å². The molecule has 0 saturated carbocycles. The van der Waals surface area contributed by atoms with Gasteiger partial charge in [0.05, 0.1) is 11.9 Å². The van der Waals surface area contributed by atoms with Crippen LogP contribution in [0.15, 0.2) is 36.5 Å². The fourth-order valence-corrected chi connectivity index (χ4v) is 2.04. The Hall–Kier alpha value is -2.03. The number of nitrogen functional groups attached to an aromatic ring is 1. The summed E-state index contributed by atoms with van der Waals surface area (Å²) >= 11 is 0. The molecule has 1 aromatic heterocycles. The summed E-state index contributed by atoms with van der Waals surface area (Å²) in [6, 6.07) is 9.92. The highest BCUT2D eigenvalue weighted by molar-refractivity contribution is 5.44. The van der Waals surface area contributed by atoms with Crippen molar-refractivity contribution < 1.29 is 4.74 Å². The molecule has 0 spiro atoms. The Balaban J connectivity index is 2.38. The number of hydrogen-bond acceptors (Lipinski definition) is 3. The van der Waals surface area contributed by atoms with Crippen molar-refractivity contribution in [1.82, 2.24) is 4.98 Å². The number of hydrogen-bond donors (Lipinski definition) is 1. The quantitative estimate of drug-likeness (QED) is 0.903. The lowest BCUT2D eigenvalue weighted by molar-refractivity contribution is 0.439. The predicted molar refractivity (Wildman–Crippen MR) is 83.2 cm³/mol. The molecule has 3 nitrogen and oxygen atoms in total. The van der Waals surface area contributed by atoms with Crippen LogP contribution in [0.5, 0.6) is 11.6 Å². The lowest BCUT2D eigenvalue weighted by Crippen LogP contribution is -2.13. The van der Waals surface area contributed by atoms with E-state index in [1.807, 2.05) is 6.07 Å². The summed E-state index contributed by atoms with van der Waals surface area (Å²) in [5.74, 6) is 1.42. The van der Waals surface area contributed by atoms with Crippen molar-refractivity contribution in [3.05, 3.63) is 47.7 Å². The van der Waals surface area contributed by atoms with Crippen LogP contribution in [-0.4, -0.2) is 4.98 Å². The van der Waals surface area contributed by atoms with Gasteiger partial charge in [-0.1, -0.05) is 39.8 Å². The predicted octanol–water partition coefficient (Wildman–Crippen LogP) is 4.32. The van der Waals surface area contributed by atoms with Crippen molar-refractivity contribution in [2.45, 2.75) is 39.5 Å². The van der Waals surface area contributed by atoms with Crippen LogP contribution in [0.4, 0.5) is 5.69 Å². The lowest BCUT2D eigenvalue weighted by atomic mass is 9.85. The van der Waals surface area contributed by atoms with Gasteiger partial charge in [0.1, 0.15) is 5.75 Å². The molecule has 3 heteroatoms. The van der Waals surface area contributed by atoms with E-state index in [9.17, 15) is 0 Å². The molecule has 0 fully saturated rings. The highest BCUT2D eigenvalue weighted by Crippen LogP contribution is 2.34. The summed E-state index contributed by atoms with van der Waals surface area (Å²) in [4.78, 5) is 4.19. The molecular weight excluding hydrogens is 248 g/mol. The standard InChI is InChI=1S/C17H22N2O/c1-5-12-6-8-15(14(10-12)17(2,3)4)20-16-9-7-13(18)11-19-16/h6-11H,5,18H2,1-4H3. The van der Waals surface area contributed by atoms with Crippen LogP contribution in [0.2, 0.25) is 0 Å². The zero-order valence-corrected chi connectivity index (χ0v) is 12.6. The number of rotatable bonds is 3. The first-order chi connectivity index (χ1) is 9.40. The number of aromatic nitrogens is 1. The van der Waals surface area contributed by atoms with Gasteiger partial charge in [0.15, 0.2) is 0 Å². The van der Waals surface area contributed by atoms with Gasteiger partial charge in [0.2, 0.25) is 5.88 Å². The van der Waals surface area contributed by atoms with Crippen LogP contribution in [0.3, 0.4) is 0 Å². The molecule has 0 radical (unpaired) electrons. The number of anilines is 1. The minimum atomic E-state index is 0.0221. The summed E-state index contributed by atoms with van der Waals surface area (Å²) in [5, 5.41) is 0. The molecular formula is C17H22N2O. The van der Waals surface area contributed by atoms with Gasteiger partial charge in [-0.15, -0.1) is 0 Å². The highest BCUT2D eigenvalue weighted by atomic mass is 16.5. The van der Waals surface area contributed by atoms with Gasteiger partial charge in [0, 0.05) is 11.6 Å². The number of nitrogens with two attached hydrogens (primary N) is 1. The van der Waals surface area contributed by atoms with E-state index in [1.54, 1.807) is 18.3 Å². The first-order valence-electron chi connectivity index (χ1n) is 6.93. The van der Waals surface area contributed by atoms with E-state index in [1.165, 1.54) is 11.1 Å². The third-order valence-corrected chi connectivity index (χ3v) is 3.23. The Labute approximate surface area is 120 Å². The Morgan fingerprint density at radius 3 is 2.45 bits per heavy atom. The second kappa shape index (κ2) is 5.53. The summed E-state index contributed by atoms with van der Waals surface area (Å²) in [6.07, 6.45) is 2.62. The van der Waals surface area contributed by atoms with Crippen LogP contribution >= 0.6 is 0 Å². The topological polar surface area (TPSA) is 48.1 Å². The largest absolute Gasteiger partial charge is 0.439 e. The molecule has 2 aromatic rings. The van der Waals surface area contributed by atoms with Crippen molar-refractivity contribution in [3.63, 3.8) is 0 Å². The molecule has 0 aliphatic heterocycles. The van der Waals surface area contributed by atoms with Gasteiger partial charge in [-0.3, -0.25) is 0 Å². The van der Waals surface area contributed by atoms with Crippen molar-refractivity contribution in [2.75, 3.05) is 5.73 Å². The number of pyridine rings is 1. The van der Waals surface area contributed by atoms with Crippen LogP contribution in [0, 0.1) is 0 Å². The third-order valence-electron chi connectivity index (χ3n) is 3.23. The van der Waals surface area contributed by atoms with Gasteiger partial charge < -0.3 is 10.5 Å². The summed E-state index contributed by atoms with van der Waals surface area (Å²) in [5.41, 5.74) is 8.80. The van der Waals surface area contributed by atoms with Crippen LogP contribution in [0.1, 0.15) is 38.8 Å². The summed E-state index contributed by atoms with van der Waals surface area (Å²) < 4.78 is 5.92. The maximum atomic E-state index is 5.92. The molecule has 0 aliphatic carbocycles. The molecule has 0 aliphatic rings. The average molecular weight is 270 g/mol. The first kappa shape index (κ1) is 14.4. The lowest BCUT2D eigenvalue weighted by Gasteiger charge is -2.23. The normalized spacial score (nSPS) is 11.4. The molecule has 106 valence electrons. The van der Waals surface area contributed by atoms with Gasteiger partial charge in [-0.05, 0) is 29.5 Å². The summed E-state index contributed by atoms with van der Waals surface area (Å²) in [7, 11) is 0. The molecule has 0 unspecified atom stereocenters. The highest BCUT2D eigenvalue weighted by Gasteiger charge is 2.20. The Bertz CT molecular complexity index is 583. The van der Waals surface area contributed by atoms with Crippen LogP contribution < -0.4 is 10.5 Å². The van der Waals surface area contributed by atoms with Crippen LogP contribution in [0.25, 0.3) is 0 Å². The molecule has 1 heterocycles. The van der Waals surface area contributed by atoms with Crippen molar-refractivity contribution in [3.8, 4) is 11.6 Å². The van der Waals surface area contributed by atoms with E-state index in [0.29, 0.717) is 11.6 Å². The Morgan fingerprint density at radius 2 is 1.90 bits per heavy atom. The average Bonchev–Trinajstić information content (AvgIpc) is 2.40. The third kappa shape index (κ3) is 3.29. The van der Waals surface area contributed by atoms with Crippen molar-refractivity contribution >= 4 is 5.69 Å². The fraction of sp³-hybridized carbons (Fsp3) is 0.353. The van der Waals surface area contributed by atoms with E-state index in [0.717, 1.165) is 12.2 Å². The smallest absolute Gasteiger partial charge is 0.219 e. The molecule has 2 rings (SSSR count). The number of benzene rings is 1. The van der Waals surface area contributed by atoms with Gasteiger partial charge in [0.25, 0.3) is 0 Å². The molecule has 20 heavy (non-hydrogen) atoms.